The van der Waals surface area contributed by atoms with E-state index in [1.807, 2.05) is 7.11 Å². The molecule has 1 nitrogen and oxygen atoms in total. The number of hydrogen-bond donors (Lipinski definition) is 0. The second kappa shape index (κ2) is 2.58. The second-order valence-corrected chi connectivity index (χ2v) is 4.18. The highest BCUT2D eigenvalue weighted by molar-refractivity contribution is 5.38. The minimum Gasteiger partial charge on any atom is -0.381 e. The fraction of sp³-hybridized carbons (Fsp3) is 0.500. The average Bonchev–Trinajstić information content (AvgIpc) is 2.96. The van der Waals surface area contributed by atoms with Crippen molar-refractivity contribution in [3.63, 3.8) is 0 Å². The van der Waals surface area contributed by atoms with E-state index in [2.05, 4.69) is 24.3 Å². The van der Waals surface area contributed by atoms with E-state index < -0.39 is 0 Å². The van der Waals surface area contributed by atoms with Crippen LogP contribution in [0.5, 0.6) is 0 Å². The van der Waals surface area contributed by atoms with Crippen molar-refractivity contribution in [1.82, 2.24) is 0 Å². The van der Waals surface area contributed by atoms with Crippen LogP contribution in [0.1, 0.15) is 23.5 Å². The Balaban J connectivity index is 2.01. The van der Waals surface area contributed by atoms with E-state index in [-0.39, 0.29) is 0 Å². The Hall–Kier alpha value is -0.820. The molecule has 3 rings (SSSR count). The smallest absolute Gasteiger partial charge is 0.0645 e. The van der Waals surface area contributed by atoms with Crippen molar-refractivity contribution in [3.8, 4) is 0 Å². The lowest BCUT2D eigenvalue weighted by molar-refractivity contribution is 0.0794. The molecule has 68 valence electrons. The van der Waals surface area contributed by atoms with Gasteiger partial charge in [-0.2, -0.15) is 0 Å². The van der Waals surface area contributed by atoms with Crippen molar-refractivity contribution >= 4 is 0 Å². The van der Waals surface area contributed by atoms with E-state index in [0.717, 1.165) is 18.3 Å². The highest BCUT2D eigenvalue weighted by Crippen LogP contribution is 2.55. The van der Waals surface area contributed by atoms with Gasteiger partial charge in [0.1, 0.15) is 0 Å². The highest BCUT2D eigenvalue weighted by Gasteiger charge is 2.48. The standard InChI is InChI=1S/C12H14O/c1-13-12-6-8-4-2-3-5-9(8)10-7-11(10)12/h2-5,10-12H,6-7H2,1H3/t10-,11-,12-/m1/s1. The first-order valence-corrected chi connectivity index (χ1v) is 5.00. The molecule has 3 atom stereocenters. The summed E-state index contributed by atoms with van der Waals surface area (Å²) in [5, 5.41) is 0. The third-order valence-corrected chi connectivity index (χ3v) is 3.50. The summed E-state index contributed by atoms with van der Waals surface area (Å²) in [4.78, 5) is 0. The molecule has 0 amide bonds. The summed E-state index contributed by atoms with van der Waals surface area (Å²) in [7, 11) is 1.84. The number of fused-ring (bicyclic) bond motifs is 3. The molecule has 13 heavy (non-hydrogen) atoms. The van der Waals surface area contributed by atoms with Gasteiger partial charge in [0.05, 0.1) is 6.10 Å². The van der Waals surface area contributed by atoms with E-state index in [1.165, 1.54) is 12.0 Å². The van der Waals surface area contributed by atoms with E-state index in [1.54, 1.807) is 5.56 Å². The van der Waals surface area contributed by atoms with Crippen LogP contribution in [0.25, 0.3) is 0 Å². The second-order valence-electron chi connectivity index (χ2n) is 4.18. The highest BCUT2D eigenvalue weighted by atomic mass is 16.5. The normalized spacial score (nSPS) is 35.0. The summed E-state index contributed by atoms with van der Waals surface area (Å²) in [5.41, 5.74) is 3.09. The lowest BCUT2D eigenvalue weighted by Gasteiger charge is -2.22. The van der Waals surface area contributed by atoms with E-state index in [4.69, 9.17) is 4.74 Å². The molecule has 1 saturated carbocycles. The minimum atomic E-state index is 0.486. The number of hydrogen-bond acceptors (Lipinski definition) is 1. The zero-order valence-electron chi connectivity index (χ0n) is 7.86. The van der Waals surface area contributed by atoms with Crippen LogP contribution in [0.15, 0.2) is 24.3 Å². The maximum Gasteiger partial charge on any atom is 0.0645 e. The Morgan fingerprint density at radius 1 is 1.31 bits per heavy atom. The predicted octanol–water partition coefficient (Wildman–Crippen LogP) is 2.36. The Bertz CT molecular complexity index is 332. The molecule has 1 heteroatoms. The summed E-state index contributed by atoms with van der Waals surface area (Å²) in [6, 6.07) is 8.82. The van der Waals surface area contributed by atoms with Crippen LogP contribution in [-0.4, -0.2) is 13.2 Å². The largest absolute Gasteiger partial charge is 0.381 e. The van der Waals surface area contributed by atoms with Crippen LogP contribution in [0, 0.1) is 5.92 Å². The van der Waals surface area contributed by atoms with E-state index in [9.17, 15) is 0 Å². The molecule has 0 aliphatic heterocycles. The first-order valence-electron chi connectivity index (χ1n) is 5.00. The van der Waals surface area contributed by atoms with Crippen molar-refractivity contribution in [2.75, 3.05) is 7.11 Å². The maximum atomic E-state index is 5.50. The van der Waals surface area contributed by atoms with Crippen molar-refractivity contribution in [2.45, 2.75) is 24.9 Å². The topological polar surface area (TPSA) is 9.23 Å². The maximum absolute atomic E-state index is 5.50. The summed E-state index contributed by atoms with van der Waals surface area (Å²) in [6.07, 6.45) is 2.95. The number of benzene rings is 1. The average molecular weight is 174 g/mol. The summed E-state index contributed by atoms with van der Waals surface area (Å²) in [6.45, 7) is 0. The van der Waals surface area contributed by atoms with E-state index in [0.29, 0.717) is 6.10 Å². The number of methoxy groups -OCH3 is 1. The van der Waals surface area contributed by atoms with Gasteiger partial charge >= 0.3 is 0 Å². The molecule has 0 bridgehead atoms. The van der Waals surface area contributed by atoms with Crippen molar-refractivity contribution in [2.24, 2.45) is 5.92 Å². The van der Waals surface area contributed by atoms with Crippen LogP contribution >= 0.6 is 0 Å². The molecular formula is C12H14O. The summed E-state index contributed by atoms with van der Waals surface area (Å²) < 4.78 is 5.50. The van der Waals surface area contributed by atoms with Gasteiger partial charge in [0, 0.05) is 7.11 Å². The zero-order valence-corrected chi connectivity index (χ0v) is 7.86. The van der Waals surface area contributed by atoms with Gasteiger partial charge < -0.3 is 4.74 Å². The fourth-order valence-corrected chi connectivity index (χ4v) is 2.69. The van der Waals surface area contributed by atoms with Gasteiger partial charge in [0.25, 0.3) is 0 Å². The van der Waals surface area contributed by atoms with Crippen LogP contribution < -0.4 is 0 Å². The van der Waals surface area contributed by atoms with Crippen molar-refractivity contribution < 1.29 is 4.74 Å². The Kier molecular flexibility index (Phi) is 1.50. The zero-order chi connectivity index (χ0) is 8.84. The van der Waals surface area contributed by atoms with Gasteiger partial charge in [-0.25, -0.2) is 0 Å². The van der Waals surface area contributed by atoms with Crippen LogP contribution in [-0.2, 0) is 11.2 Å². The molecule has 1 aromatic rings. The molecule has 0 spiro atoms. The van der Waals surface area contributed by atoms with Gasteiger partial charge in [-0.05, 0) is 35.8 Å². The fourth-order valence-electron chi connectivity index (χ4n) is 2.69. The Morgan fingerprint density at radius 2 is 2.15 bits per heavy atom. The monoisotopic (exact) mass is 174 g/mol. The molecule has 0 unspecified atom stereocenters. The molecule has 0 saturated heterocycles. The number of rotatable bonds is 1. The quantitative estimate of drug-likeness (QED) is 0.635. The van der Waals surface area contributed by atoms with E-state index >= 15 is 0 Å². The van der Waals surface area contributed by atoms with Crippen molar-refractivity contribution in [3.05, 3.63) is 35.4 Å². The Labute approximate surface area is 78.7 Å². The van der Waals surface area contributed by atoms with Crippen LogP contribution in [0.3, 0.4) is 0 Å². The van der Waals surface area contributed by atoms with Gasteiger partial charge in [-0.1, -0.05) is 24.3 Å². The third kappa shape index (κ3) is 1.03. The molecular weight excluding hydrogens is 160 g/mol. The summed E-state index contributed by atoms with van der Waals surface area (Å²) >= 11 is 0. The molecule has 1 aromatic carbocycles. The van der Waals surface area contributed by atoms with Gasteiger partial charge in [0.15, 0.2) is 0 Å². The van der Waals surface area contributed by atoms with Gasteiger partial charge in [0.2, 0.25) is 0 Å². The van der Waals surface area contributed by atoms with Gasteiger partial charge in [-0.15, -0.1) is 0 Å². The first kappa shape index (κ1) is 7.57. The SMILES string of the molecule is CO[C@@H]1Cc2ccccc2[C@H]2C[C@H]21. The van der Waals surface area contributed by atoms with Crippen LogP contribution in [0.2, 0.25) is 0 Å². The summed E-state index contributed by atoms with van der Waals surface area (Å²) in [5.74, 6) is 1.63. The first-order chi connectivity index (χ1) is 6.40. The molecule has 0 N–H and O–H groups in total. The van der Waals surface area contributed by atoms with Crippen molar-refractivity contribution in [1.29, 1.82) is 0 Å². The molecule has 0 heterocycles. The lowest BCUT2D eigenvalue weighted by atomic mass is 9.90. The third-order valence-electron chi connectivity index (χ3n) is 3.50. The number of ether oxygens (including phenoxy) is 1. The Morgan fingerprint density at radius 3 is 3.00 bits per heavy atom. The molecule has 1 fully saturated rings. The van der Waals surface area contributed by atoms with Gasteiger partial charge in [-0.3, -0.25) is 0 Å². The lowest BCUT2D eigenvalue weighted by Crippen LogP contribution is -2.21. The molecule has 0 aromatic heterocycles. The van der Waals surface area contributed by atoms with Crippen LogP contribution in [0.4, 0.5) is 0 Å². The molecule has 0 radical (unpaired) electrons. The predicted molar refractivity (Wildman–Crippen MR) is 51.8 cm³/mol. The molecule has 2 aliphatic carbocycles. The minimum absolute atomic E-state index is 0.486. The molecule has 2 aliphatic rings.